The molecule has 6 nitrogen and oxygen atoms in total. The van der Waals surface area contributed by atoms with Crippen LogP contribution in [0.2, 0.25) is 0 Å². The van der Waals surface area contributed by atoms with Gasteiger partial charge in [-0.1, -0.05) is 59.9 Å². The molecule has 0 fully saturated rings. The lowest BCUT2D eigenvalue weighted by molar-refractivity contribution is -0.120. The molecule has 1 amide bonds. The molecule has 2 heterocycles. The molecule has 0 aliphatic carbocycles. The Bertz CT molecular complexity index is 1080. The molecule has 0 N–H and O–H groups in total. The molecule has 1 aliphatic heterocycles. The lowest BCUT2D eigenvalue weighted by Gasteiger charge is -2.29. The normalized spacial score (nSPS) is 15.0. The maximum atomic E-state index is 13.8. The maximum Gasteiger partial charge on any atom is 0.350 e. The van der Waals surface area contributed by atoms with E-state index >= 15 is 0 Å². The van der Waals surface area contributed by atoms with Crippen molar-refractivity contribution in [2.75, 3.05) is 18.1 Å². The Hall–Kier alpha value is -3.19. The van der Waals surface area contributed by atoms with E-state index in [1.807, 2.05) is 54.6 Å². The number of aryl methyl sites for hydroxylation is 1. The van der Waals surface area contributed by atoms with Crippen LogP contribution in [0.1, 0.15) is 45.8 Å². The van der Waals surface area contributed by atoms with Gasteiger partial charge in [0.2, 0.25) is 5.91 Å². The molecule has 3 aromatic rings. The molecule has 0 radical (unpaired) electrons. The van der Waals surface area contributed by atoms with Crippen LogP contribution in [0.5, 0.6) is 5.75 Å². The molecule has 2 aromatic carbocycles. The fraction of sp³-hybridized carbons (Fsp3) is 0.292. The van der Waals surface area contributed by atoms with Crippen molar-refractivity contribution in [3.8, 4) is 5.75 Å². The first-order valence-electron chi connectivity index (χ1n) is 10.3. The van der Waals surface area contributed by atoms with E-state index in [1.54, 1.807) is 18.7 Å². The van der Waals surface area contributed by atoms with Crippen LogP contribution >= 0.6 is 11.3 Å². The lowest BCUT2D eigenvalue weighted by Crippen LogP contribution is -2.36. The number of hydrogen-bond donors (Lipinski definition) is 0. The van der Waals surface area contributed by atoms with Gasteiger partial charge in [0.05, 0.1) is 31.4 Å². The number of para-hydroxylation sites is 1. The summed E-state index contributed by atoms with van der Waals surface area (Å²) in [5.41, 5.74) is 2.44. The zero-order valence-electron chi connectivity index (χ0n) is 17.5. The zero-order valence-corrected chi connectivity index (χ0v) is 18.4. The Morgan fingerprint density at radius 3 is 2.68 bits per heavy atom. The lowest BCUT2D eigenvalue weighted by atomic mass is 9.91. The summed E-state index contributed by atoms with van der Waals surface area (Å²) < 4.78 is 10.9. The Balaban J connectivity index is 1.71. The molecule has 1 unspecified atom stereocenters. The standard InChI is InChI=1S/C24H24N2O4S/c1-3-29-23(28)21-16(2)25-24(31-21)26(15-17-9-5-4-6-10-17)22(27)19-13-14-30-20-12-8-7-11-18(19)20/h4-12,19H,3,13-15H2,1-2H3. The number of hydrogen-bond acceptors (Lipinski definition) is 6. The van der Waals surface area contributed by atoms with E-state index in [1.165, 1.54) is 11.3 Å². The molecule has 1 atom stereocenters. The number of ether oxygens (including phenoxy) is 2. The summed E-state index contributed by atoms with van der Waals surface area (Å²) in [7, 11) is 0. The van der Waals surface area contributed by atoms with Crippen molar-refractivity contribution in [1.82, 2.24) is 4.98 Å². The molecule has 0 spiro atoms. The van der Waals surface area contributed by atoms with Gasteiger partial charge in [0.1, 0.15) is 10.6 Å². The summed E-state index contributed by atoms with van der Waals surface area (Å²) in [5.74, 6) is -0.0470. The van der Waals surface area contributed by atoms with Gasteiger partial charge in [0, 0.05) is 5.56 Å². The van der Waals surface area contributed by atoms with Crippen molar-refractivity contribution in [3.63, 3.8) is 0 Å². The fourth-order valence-corrected chi connectivity index (χ4v) is 4.64. The van der Waals surface area contributed by atoms with Gasteiger partial charge in [0.25, 0.3) is 0 Å². The first-order valence-corrected chi connectivity index (χ1v) is 11.1. The van der Waals surface area contributed by atoms with Gasteiger partial charge in [-0.25, -0.2) is 9.78 Å². The summed E-state index contributed by atoms with van der Waals surface area (Å²) >= 11 is 1.20. The van der Waals surface area contributed by atoms with Crippen molar-refractivity contribution in [2.24, 2.45) is 0 Å². The SMILES string of the molecule is CCOC(=O)c1sc(N(Cc2ccccc2)C(=O)C2CCOc3ccccc32)nc1C. The molecule has 7 heteroatoms. The minimum Gasteiger partial charge on any atom is -0.493 e. The number of amides is 1. The third kappa shape index (κ3) is 4.46. The molecule has 160 valence electrons. The van der Waals surface area contributed by atoms with E-state index in [4.69, 9.17) is 9.47 Å². The second-order valence-electron chi connectivity index (χ2n) is 7.27. The van der Waals surface area contributed by atoms with Crippen LogP contribution in [0.4, 0.5) is 5.13 Å². The Kier molecular flexibility index (Phi) is 6.32. The molecular weight excluding hydrogens is 412 g/mol. The highest BCUT2D eigenvalue weighted by atomic mass is 32.1. The molecule has 1 aliphatic rings. The molecular formula is C24H24N2O4S. The van der Waals surface area contributed by atoms with Crippen LogP contribution in [0.25, 0.3) is 0 Å². The quantitative estimate of drug-likeness (QED) is 0.523. The average molecular weight is 437 g/mol. The van der Waals surface area contributed by atoms with Crippen LogP contribution < -0.4 is 9.64 Å². The van der Waals surface area contributed by atoms with E-state index < -0.39 is 5.97 Å². The van der Waals surface area contributed by atoms with Crippen LogP contribution in [0.3, 0.4) is 0 Å². The predicted molar refractivity (Wildman–Crippen MR) is 120 cm³/mol. The third-order valence-corrected chi connectivity index (χ3v) is 6.34. The second kappa shape index (κ2) is 9.31. The number of rotatable bonds is 6. The minimum absolute atomic E-state index is 0.0521. The van der Waals surface area contributed by atoms with Crippen molar-refractivity contribution in [3.05, 3.63) is 76.3 Å². The highest BCUT2D eigenvalue weighted by molar-refractivity contribution is 7.17. The molecule has 0 bridgehead atoms. The average Bonchev–Trinajstić information content (AvgIpc) is 3.19. The number of benzene rings is 2. The van der Waals surface area contributed by atoms with E-state index in [0.717, 1.165) is 16.9 Å². The van der Waals surface area contributed by atoms with Crippen LogP contribution in [0, 0.1) is 6.92 Å². The van der Waals surface area contributed by atoms with E-state index in [9.17, 15) is 9.59 Å². The third-order valence-electron chi connectivity index (χ3n) is 5.18. The zero-order chi connectivity index (χ0) is 21.8. The number of thiazole rings is 1. The van der Waals surface area contributed by atoms with Crippen molar-refractivity contribution < 1.29 is 19.1 Å². The summed E-state index contributed by atoms with van der Waals surface area (Å²) in [6.45, 7) is 4.67. The monoisotopic (exact) mass is 436 g/mol. The van der Waals surface area contributed by atoms with Gasteiger partial charge in [0.15, 0.2) is 5.13 Å². The van der Waals surface area contributed by atoms with Crippen LogP contribution in [0.15, 0.2) is 54.6 Å². The predicted octanol–water partition coefficient (Wildman–Crippen LogP) is 4.73. The van der Waals surface area contributed by atoms with Crippen LogP contribution in [-0.4, -0.2) is 30.1 Å². The second-order valence-corrected chi connectivity index (χ2v) is 8.25. The molecule has 4 rings (SSSR count). The minimum atomic E-state index is -0.410. The van der Waals surface area contributed by atoms with E-state index in [0.29, 0.717) is 35.3 Å². The Morgan fingerprint density at radius 2 is 1.90 bits per heavy atom. The number of carbonyl (C=O) groups is 2. The highest BCUT2D eigenvalue weighted by Gasteiger charge is 2.33. The maximum absolute atomic E-state index is 13.8. The number of anilines is 1. The summed E-state index contributed by atoms with van der Waals surface area (Å²) in [5, 5.41) is 0.498. The number of nitrogens with zero attached hydrogens (tertiary/aromatic N) is 2. The molecule has 31 heavy (non-hydrogen) atoms. The van der Waals surface area contributed by atoms with Gasteiger partial charge in [-0.2, -0.15) is 0 Å². The number of carbonyl (C=O) groups excluding carboxylic acids is 2. The summed E-state index contributed by atoms with van der Waals surface area (Å²) in [6.07, 6.45) is 0.593. The number of fused-ring (bicyclic) bond motifs is 1. The first kappa shape index (κ1) is 21.1. The topological polar surface area (TPSA) is 68.7 Å². The van der Waals surface area contributed by atoms with E-state index in [2.05, 4.69) is 4.98 Å². The van der Waals surface area contributed by atoms with Gasteiger partial charge in [-0.15, -0.1) is 0 Å². The fourth-order valence-electron chi connectivity index (χ4n) is 3.68. The highest BCUT2D eigenvalue weighted by Crippen LogP contribution is 2.37. The van der Waals surface area contributed by atoms with Gasteiger partial charge in [-0.3, -0.25) is 9.69 Å². The largest absolute Gasteiger partial charge is 0.493 e. The summed E-state index contributed by atoms with van der Waals surface area (Å²) in [4.78, 5) is 32.8. The smallest absolute Gasteiger partial charge is 0.350 e. The van der Waals surface area contributed by atoms with Gasteiger partial charge >= 0.3 is 5.97 Å². The van der Waals surface area contributed by atoms with Crippen molar-refractivity contribution in [2.45, 2.75) is 32.7 Å². The van der Waals surface area contributed by atoms with E-state index in [-0.39, 0.29) is 18.4 Å². The van der Waals surface area contributed by atoms with Gasteiger partial charge < -0.3 is 9.47 Å². The van der Waals surface area contributed by atoms with Gasteiger partial charge in [-0.05, 0) is 31.9 Å². The Labute approximate surface area is 185 Å². The molecule has 0 saturated heterocycles. The molecule has 1 aromatic heterocycles. The van der Waals surface area contributed by atoms with Crippen LogP contribution in [-0.2, 0) is 16.1 Å². The molecule has 0 saturated carbocycles. The van der Waals surface area contributed by atoms with Crippen molar-refractivity contribution in [1.29, 1.82) is 0 Å². The number of esters is 1. The summed E-state index contributed by atoms with van der Waals surface area (Å²) in [6, 6.07) is 17.4. The number of aromatic nitrogens is 1. The first-order chi connectivity index (χ1) is 15.1. The Morgan fingerprint density at radius 1 is 1.16 bits per heavy atom. The van der Waals surface area contributed by atoms with Crippen molar-refractivity contribution >= 4 is 28.3 Å².